The maximum absolute atomic E-state index is 11.9. The summed E-state index contributed by atoms with van der Waals surface area (Å²) in [6.45, 7) is 6.66. The third kappa shape index (κ3) is 3.06. The van der Waals surface area contributed by atoms with Crippen LogP contribution >= 0.6 is 12.4 Å². The van der Waals surface area contributed by atoms with E-state index in [4.69, 9.17) is 11.5 Å². The number of carbonyl (C=O) groups is 1. The predicted molar refractivity (Wildman–Crippen MR) is 63.8 cm³/mol. The maximum Gasteiger partial charge on any atom is 0.240 e. The highest BCUT2D eigenvalue weighted by molar-refractivity contribution is 5.85. The first-order valence-corrected chi connectivity index (χ1v) is 5.26. The minimum atomic E-state index is -0.386. The van der Waals surface area contributed by atoms with E-state index in [9.17, 15) is 4.79 Å². The van der Waals surface area contributed by atoms with E-state index in [0.717, 1.165) is 13.0 Å². The van der Waals surface area contributed by atoms with Gasteiger partial charge < -0.3 is 16.4 Å². The topological polar surface area (TPSA) is 72.4 Å². The van der Waals surface area contributed by atoms with Gasteiger partial charge in [0.15, 0.2) is 0 Å². The van der Waals surface area contributed by atoms with Gasteiger partial charge in [0.05, 0.1) is 6.04 Å². The fraction of sp³-hybridized carbons (Fsp3) is 0.900. The van der Waals surface area contributed by atoms with E-state index in [1.54, 1.807) is 0 Å². The van der Waals surface area contributed by atoms with Crippen LogP contribution in [0.3, 0.4) is 0 Å². The van der Waals surface area contributed by atoms with Crippen LogP contribution in [0, 0.1) is 5.92 Å². The molecule has 0 aromatic carbocycles. The van der Waals surface area contributed by atoms with Crippen LogP contribution < -0.4 is 11.5 Å². The number of halogens is 1. The Morgan fingerprint density at radius 3 is 2.33 bits per heavy atom. The molecule has 15 heavy (non-hydrogen) atoms. The van der Waals surface area contributed by atoms with Gasteiger partial charge >= 0.3 is 0 Å². The quantitative estimate of drug-likeness (QED) is 0.725. The Hall–Kier alpha value is -0.320. The van der Waals surface area contributed by atoms with Crippen molar-refractivity contribution in [1.29, 1.82) is 0 Å². The first-order valence-electron chi connectivity index (χ1n) is 5.26. The van der Waals surface area contributed by atoms with E-state index < -0.39 is 0 Å². The van der Waals surface area contributed by atoms with Gasteiger partial charge in [-0.3, -0.25) is 4.79 Å². The molecule has 0 aromatic rings. The minimum absolute atomic E-state index is 0. The van der Waals surface area contributed by atoms with Crippen molar-refractivity contribution in [2.75, 3.05) is 6.54 Å². The largest absolute Gasteiger partial charge is 0.337 e. The molecule has 1 aliphatic heterocycles. The summed E-state index contributed by atoms with van der Waals surface area (Å²) in [5.74, 6) is 0.229. The molecule has 1 fully saturated rings. The van der Waals surface area contributed by atoms with Gasteiger partial charge in [-0.15, -0.1) is 12.4 Å². The molecule has 5 heteroatoms. The van der Waals surface area contributed by atoms with E-state index in [0.29, 0.717) is 0 Å². The molecule has 1 amide bonds. The van der Waals surface area contributed by atoms with Crippen LogP contribution in [-0.4, -0.2) is 35.5 Å². The molecule has 1 aliphatic rings. The zero-order valence-corrected chi connectivity index (χ0v) is 10.5. The Balaban J connectivity index is 0.00000196. The lowest BCUT2D eigenvalue weighted by atomic mass is 10.0. The zero-order valence-electron chi connectivity index (χ0n) is 9.64. The average molecular weight is 236 g/mol. The third-order valence-electron chi connectivity index (χ3n) is 3.10. The summed E-state index contributed by atoms with van der Waals surface area (Å²) in [7, 11) is 0. The van der Waals surface area contributed by atoms with Crippen LogP contribution in [0.5, 0.6) is 0 Å². The van der Waals surface area contributed by atoms with Gasteiger partial charge in [0.1, 0.15) is 0 Å². The SMILES string of the molecule is CC(C)C(N)C(=O)N1CCC(N)C1C.Cl. The van der Waals surface area contributed by atoms with Crippen molar-refractivity contribution in [3.63, 3.8) is 0 Å². The first-order chi connectivity index (χ1) is 6.45. The third-order valence-corrected chi connectivity index (χ3v) is 3.10. The number of hydrogen-bond donors (Lipinski definition) is 2. The highest BCUT2D eigenvalue weighted by Gasteiger charge is 2.34. The first kappa shape index (κ1) is 14.7. The number of nitrogens with two attached hydrogens (primary N) is 2. The molecule has 3 unspecified atom stereocenters. The summed E-state index contributed by atoms with van der Waals surface area (Å²) < 4.78 is 0. The molecule has 0 spiro atoms. The van der Waals surface area contributed by atoms with E-state index in [1.807, 2.05) is 25.7 Å². The van der Waals surface area contributed by atoms with E-state index >= 15 is 0 Å². The molecule has 3 atom stereocenters. The molecular formula is C10H22ClN3O. The number of nitrogens with zero attached hydrogens (tertiary/aromatic N) is 1. The van der Waals surface area contributed by atoms with E-state index in [2.05, 4.69) is 0 Å². The zero-order chi connectivity index (χ0) is 10.9. The van der Waals surface area contributed by atoms with Crippen LogP contribution in [0.2, 0.25) is 0 Å². The molecule has 0 bridgehead atoms. The van der Waals surface area contributed by atoms with Crippen molar-refractivity contribution in [2.24, 2.45) is 17.4 Å². The molecule has 4 nitrogen and oxygen atoms in total. The summed E-state index contributed by atoms with van der Waals surface area (Å²) in [5.41, 5.74) is 11.7. The molecule has 4 N–H and O–H groups in total. The number of carbonyl (C=O) groups excluding carboxylic acids is 1. The Kier molecular flexibility index (Phi) is 5.56. The monoisotopic (exact) mass is 235 g/mol. The van der Waals surface area contributed by atoms with E-state index in [-0.39, 0.29) is 42.4 Å². The molecule has 0 saturated carbocycles. The van der Waals surface area contributed by atoms with Gasteiger partial charge in [-0.05, 0) is 19.3 Å². The summed E-state index contributed by atoms with van der Waals surface area (Å²) in [6.07, 6.45) is 0.887. The average Bonchev–Trinajstić information content (AvgIpc) is 2.45. The minimum Gasteiger partial charge on any atom is -0.337 e. The van der Waals surface area contributed by atoms with Crippen LogP contribution in [0.15, 0.2) is 0 Å². The second-order valence-electron chi connectivity index (χ2n) is 4.49. The fourth-order valence-electron chi connectivity index (χ4n) is 1.75. The Bertz CT molecular complexity index is 223. The van der Waals surface area contributed by atoms with Crippen molar-refractivity contribution in [3.8, 4) is 0 Å². The lowest BCUT2D eigenvalue weighted by Gasteiger charge is -2.27. The normalized spacial score (nSPS) is 27.7. The summed E-state index contributed by atoms with van der Waals surface area (Å²) in [5, 5.41) is 0. The van der Waals surface area contributed by atoms with Crippen LogP contribution in [0.4, 0.5) is 0 Å². The van der Waals surface area contributed by atoms with Gasteiger partial charge in [0.2, 0.25) is 5.91 Å². The molecule has 0 radical (unpaired) electrons. The predicted octanol–water partition coefficient (Wildman–Crippen LogP) is 0.340. The highest BCUT2D eigenvalue weighted by atomic mass is 35.5. The lowest BCUT2D eigenvalue weighted by molar-refractivity contribution is -0.134. The second-order valence-corrected chi connectivity index (χ2v) is 4.49. The number of rotatable bonds is 2. The summed E-state index contributed by atoms with van der Waals surface area (Å²) in [4.78, 5) is 13.7. The molecule has 0 aliphatic carbocycles. The number of likely N-dealkylation sites (tertiary alicyclic amines) is 1. The van der Waals surface area contributed by atoms with Gasteiger partial charge in [0, 0.05) is 18.6 Å². The van der Waals surface area contributed by atoms with Crippen molar-refractivity contribution < 1.29 is 4.79 Å². The molecule has 90 valence electrons. The van der Waals surface area contributed by atoms with Gasteiger partial charge in [-0.2, -0.15) is 0 Å². The Labute approximate surface area is 97.8 Å². The van der Waals surface area contributed by atoms with E-state index in [1.165, 1.54) is 0 Å². The molecule has 1 saturated heterocycles. The molecule has 0 aromatic heterocycles. The van der Waals surface area contributed by atoms with Crippen LogP contribution in [0.1, 0.15) is 27.2 Å². The second kappa shape index (κ2) is 5.68. The lowest BCUT2D eigenvalue weighted by Crippen LogP contribution is -2.49. The van der Waals surface area contributed by atoms with Crippen molar-refractivity contribution >= 4 is 18.3 Å². The van der Waals surface area contributed by atoms with Crippen LogP contribution in [-0.2, 0) is 4.79 Å². The Morgan fingerprint density at radius 2 is 2.00 bits per heavy atom. The molecular weight excluding hydrogens is 214 g/mol. The smallest absolute Gasteiger partial charge is 0.240 e. The van der Waals surface area contributed by atoms with Gasteiger partial charge in [-0.25, -0.2) is 0 Å². The molecule has 1 heterocycles. The maximum atomic E-state index is 11.9. The molecule has 1 rings (SSSR count). The summed E-state index contributed by atoms with van der Waals surface area (Å²) >= 11 is 0. The van der Waals surface area contributed by atoms with Crippen LogP contribution in [0.25, 0.3) is 0 Å². The number of amides is 1. The van der Waals surface area contributed by atoms with Gasteiger partial charge in [0.25, 0.3) is 0 Å². The Morgan fingerprint density at radius 1 is 1.47 bits per heavy atom. The summed E-state index contributed by atoms with van der Waals surface area (Å²) in [6, 6.07) is -0.145. The van der Waals surface area contributed by atoms with Crippen molar-refractivity contribution in [1.82, 2.24) is 4.90 Å². The van der Waals surface area contributed by atoms with Crippen molar-refractivity contribution in [2.45, 2.75) is 45.3 Å². The standard InChI is InChI=1S/C10H21N3O.ClH/c1-6(2)9(12)10(14)13-5-4-8(11)7(13)3;/h6-9H,4-5,11-12H2,1-3H3;1H. The fourth-order valence-corrected chi connectivity index (χ4v) is 1.75. The van der Waals surface area contributed by atoms with Crippen molar-refractivity contribution in [3.05, 3.63) is 0 Å². The highest BCUT2D eigenvalue weighted by Crippen LogP contribution is 2.17. The van der Waals surface area contributed by atoms with Gasteiger partial charge in [-0.1, -0.05) is 13.8 Å². The number of hydrogen-bond acceptors (Lipinski definition) is 3.